The maximum absolute atomic E-state index is 2.78. The van der Waals surface area contributed by atoms with Gasteiger partial charge in [-0.05, 0) is 31.2 Å². The summed E-state index contributed by atoms with van der Waals surface area (Å²) in [4.78, 5) is 2.78. The molecule has 0 radical (unpaired) electrons. The highest BCUT2D eigenvalue weighted by atomic mass is 15.2. The van der Waals surface area contributed by atoms with Crippen LogP contribution in [0.25, 0.3) is 0 Å². The van der Waals surface area contributed by atoms with E-state index < -0.39 is 0 Å². The summed E-state index contributed by atoms with van der Waals surface area (Å²) < 4.78 is 0. The van der Waals surface area contributed by atoms with Gasteiger partial charge in [0, 0.05) is 12.6 Å². The highest BCUT2D eigenvalue weighted by molar-refractivity contribution is 4.89. The van der Waals surface area contributed by atoms with E-state index in [0.29, 0.717) is 0 Å². The second-order valence-corrected chi connectivity index (χ2v) is 5.46. The van der Waals surface area contributed by atoms with Crippen molar-refractivity contribution >= 4 is 0 Å². The Morgan fingerprint density at radius 1 is 0.929 bits per heavy atom. The van der Waals surface area contributed by atoms with Crippen molar-refractivity contribution < 1.29 is 0 Å². The van der Waals surface area contributed by atoms with Crippen LogP contribution in [0.1, 0.15) is 52.4 Å². The van der Waals surface area contributed by atoms with Crippen LogP contribution in [0.3, 0.4) is 0 Å². The SMILES string of the molecule is CC1CN2CCCCCCCC2C1C. The molecule has 0 aliphatic carbocycles. The predicted molar refractivity (Wildman–Crippen MR) is 61.4 cm³/mol. The summed E-state index contributed by atoms with van der Waals surface area (Å²) in [6.45, 7) is 7.64. The van der Waals surface area contributed by atoms with Crippen molar-refractivity contribution in [1.82, 2.24) is 4.90 Å². The first kappa shape index (κ1) is 10.5. The molecule has 2 aliphatic rings. The molecular formula is C13H25N. The molecule has 14 heavy (non-hydrogen) atoms. The quantitative estimate of drug-likeness (QED) is 0.573. The molecular weight excluding hydrogens is 170 g/mol. The Balaban J connectivity index is 1.98. The lowest BCUT2D eigenvalue weighted by atomic mass is 9.91. The van der Waals surface area contributed by atoms with Gasteiger partial charge in [0.2, 0.25) is 0 Å². The third kappa shape index (κ3) is 2.13. The fraction of sp³-hybridized carbons (Fsp3) is 1.00. The Bertz CT molecular complexity index is 178. The van der Waals surface area contributed by atoms with Crippen molar-refractivity contribution in [3.63, 3.8) is 0 Å². The third-order valence-corrected chi connectivity index (χ3v) is 4.44. The number of fused-ring (bicyclic) bond motifs is 1. The van der Waals surface area contributed by atoms with Gasteiger partial charge < -0.3 is 0 Å². The van der Waals surface area contributed by atoms with Crippen LogP contribution in [0.15, 0.2) is 0 Å². The van der Waals surface area contributed by atoms with Gasteiger partial charge in [-0.25, -0.2) is 0 Å². The average molecular weight is 195 g/mol. The normalized spacial score (nSPS) is 41.1. The molecule has 2 rings (SSSR count). The van der Waals surface area contributed by atoms with Crippen LogP contribution in [0, 0.1) is 11.8 Å². The standard InChI is InChI=1S/C13H25N/c1-11-10-14-9-7-5-3-4-6-8-13(14)12(11)2/h11-13H,3-10H2,1-2H3. The Labute approximate surface area is 88.9 Å². The van der Waals surface area contributed by atoms with E-state index in [1.807, 2.05) is 0 Å². The third-order valence-electron chi connectivity index (χ3n) is 4.44. The van der Waals surface area contributed by atoms with Gasteiger partial charge in [0.25, 0.3) is 0 Å². The number of hydrogen-bond donors (Lipinski definition) is 0. The molecule has 2 heterocycles. The van der Waals surface area contributed by atoms with Crippen molar-refractivity contribution in [2.24, 2.45) is 11.8 Å². The first-order valence-corrected chi connectivity index (χ1v) is 6.53. The molecule has 0 amide bonds. The van der Waals surface area contributed by atoms with Crippen LogP contribution >= 0.6 is 0 Å². The zero-order valence-corrected chi connectivity index (χ0v) is 9.84. The molecule has 0 aromatic carbocycles. The fourth-order valence-electron chi connectivity index (χ4n) is 3.28. The molecule has 2 aliphatic heterocycles. The molecule has 3 atom stereocenters. The van der Waals surface area contributed by atoms with E-state index in [2.05, 4.69) is 18.7 Å². The van der Waals surface area contributed by atoms with Crippen LogP contribution < -0.4 is 0 Å². The Kier molecular flexibility index (Phi) is 3.48. The predicted octanol–water partition coefficient (Wildman–Crippen LogP) is 3.30. The lowest BCUT2D eigenvalue weighted by molar-refractivity contribution is 0.218. The summed E-state index contributed by atoms with van der Waals surface area (Å²) in [5, 5.41) is 0. The van der Waals surface area contributed by atoms with E-state index in [-0.39, 0.29) is 0 Å². The molecule has 82 valence electrons. The van der Waals surface area contributed by atoms with Gasteiger partial charge in [-0.2, -0.15) is 0 Å². The number of hydrogen-bond acceptors (Lipinski definition) is 1. The Morgan fingerprint density at radius 3 is 2.50 bits per heavy atom. The minimum Gasteiger partial charge on any atom is -0.300 e. The van der Waals surface area contributed by atoms with Crippen LogP contribution in [-0.4, -0.2) is 24.0 Å². The molecule has 0 aromatic heterocycles. The summed E-state index contributed by atoms with van der Waals surface area (Å²) in [5.41, 5.74) is 0. The van der Waals surface area contributed by atoms with E-state index in [4.69, 9.17) is 0 Å². The van der Waals surface area contributed by atoms with Gasteiger partial charge in [-0.1, -0.05) is 39.5 Å². The van der Waals surface area contributed by atoms with E-state index in [1.165, 1.54) is 51.6 Å². The maximum Gasteiger partial charge on any atom is 0.0124 e. The summed E-state index contributed by atoms with van der Waals surface area (Å²) in [5.74, 6) is 1.87. The highest BCUT2D eigenvalue weighted by Gasteiger charge is 2.35. The maximum atomic E-state index is 2.78. The minimum atomic E-state index is 0.920. The van der Waals surface area contributed by atoms with Crippen molar-refractivity contribution in [1.29, 1.82) is 0 Å². The molecule has 1 nitrogen and oxygen atoms in total. The molecule has 0 spiro atoms. The second-order valence-electron chi connectivity index (χ2n) is 5.46. The fourth-order valence-corrected chi connectivity index (χ4v) is 3.28. The van der Waals surface area contributed by atoms with Crippen molar-refractivity contribution in [2.75, 3.05) is 13.1 Å². The Hall–Kier alpha value is -0.0400. The summed E-state index contributed by atoms with van der Waals surface area (Å²) >= 11 is 0. The zero-order valence-electron chi connectivity index (χ0n) is 9.84. The molecule has 0 saturated carbocycles. The van der Waals surface area contributed by atoms with Gasteiger partial charge in [-0.15, -0.1) is 0 Å². The zero-order chi connectivity index (χ0) is 9.97. The van der Waals surface area contributed by atoms with Crippen molar-refractivity contribution in [2.45, 2.75) is 58.4 Å². The van der Waals surface area contributed by atoms with Crippen LogP contribution in [0.4, 0.5) is 0 Å². The average Bonchev–Trinajstić information content (AvgIpc) is 2.49. The second kappa shape index (κ2) is 4.65. The van der Waals surface area contributed by atoms with Crippen molar-refractivity contribution in [3.8, 4) is 0 Å². The lowest BCUT2D eigenvalue weighted by Crippen LogP contribution is -2.32. The molecule has 0 bridgehead atoms. The first-order chi connectivity index (χ1) is 6.79. The molecule has 3 unspecified atom stereocenters. The topological polar surface area (TPSA) is 3.24 Å². The van der Waals surface area contributed by atoms with Gasteiger partial charge in [-0.3, -0.25) is 4.90 Å². The van der Waals surface area contributed by atoms with Crippen LogP contribution in [0.5, 0.6) is 0 Å². The minimum absolute atomic E-state index is 0.920. The van der Waals surface area contributed by atoms with Gasteiger partial charge in [0.1, 0.15) is 0 Å². The monoisotopic (exact) mass is 195 g/mol. The summed E-state index contributed by atoms with van der Waals surface area (Å²) in [7, 11) is 0. The molecule has 2 saturated heterocycles. The molecule has 0 aromatic rings. The van der Waals surface area contributed by atoms with Crippen LogP contribution in [-0.2, 0) is 0 Å². The highest BCUT2D eigenvalue weighted by Crippen LogP contribution is 2.33. The smallest absolute Gasteiger partial charge is 0.0124 e. The molecule has 1 heteroatoms. The largest absolute Gasteiger partial charge is 0.300 e. The number of nitrogens with zero attached hydrogens (tertiary/aromatic N) is 1. The van der Waals surface area contributed by atoms with E-state index in [1.54, 1.807) is 0 Å². The van der Waals surface area contributed by atoms with Gasteiger partial charge in [0.15, 0.2) is 0 Å². The van der Waals surface area contributed by atoms with E-state index in [9.17, 15) is 0 Å². The van der Waals surface area contributed by atoms with Crippen LogP contribution in [0.2, 0.25) is 0 Å². The van der Waals surface area contributed by atoms with Gasteiger partial charge >= 0.3 is 0 Å². The van der Waals surface area contributed by atoms with E-state index in [0.717, 1.165) is 17.9 Å². The lowest BCUT2D eigenvalue weighted by Gasteiger charge is -2.25. The first-order valence-electron chi connectivity index (χ1n) is 6.53. The Morgan fingerprint density at radius 2 is 1.64 bits per heavy atom. The molecule has 0 N–H and O–H groups in total. The van der Waals surface area contributed by atoms with Gasteiger partial charge in [0.05, 0.1) is 0 Å². The number of rotatable bonds is 0. The summed E-state index contributed by atoms with van der Waals surface area (Å²) in [6, 6.07) is 0.920. The van der Waals surface area contributed by atoms with E-state index >= 15 is 0 Å². The molecule has 2 fully saturated rings. The summed E-state index contributed by atoms with van der Waals surface area (Å²) in [6.07, 6.45) is 8.79. The van der Waals surface area contributed by atoms with Crippen molar-refractivity contribution in [3.05, 3.63) is 0 Å².